The second-order valence-electron chi connectivity index (χ2n) is 8.58. The fourth-order valence-corrected chi connectivity index (χ4v) is 5.56. The lowest BCUT2D eigenvalue weighted by Gasteiger charge is -2.21. The van der Waals surface area contributed by atoms with Crippen molar-refractivity contribution < 1.29 is 17.9 Å². The molecule has 1 saturated heterocycles. The predicted octanol–water partition coefficient (Wildman–Crippen LogP) is 3.40. The summed E-state index contributed by atoms with van der Waals surface area (Å²) in [7, 11) is -1.55. The first-order valence-corrected chi connectivity index (χ1v) is 12.7. The molecule has 1 aliphatic heterocycles. The van der Waals surface area contributed by atoms with E-state index in [-0.39, 0.29) is 23.8 Å². The molecule has 1 saturated carbocycles. The Labute approximate surface area is 184 Å². The summed E-state index contributed by atoms with van der Waals surface area (Å²) in [6.45, 7) is 1.29. The van der Waals surface area contributed by atoms with Gasteiger partial charge < -0.3 is 9.64 Å². The van der Waals surface area contributed by atoms with Crippen LogP contribution in [0.25, 0.3) is 11.1 Å². The van der Waals surface area contributed by atoms with Gasteiger partial charge in [0.05, 0.1) is 13.4 Å². The van der Waals surface area contributed by atoms with E-state index < -0.39 is 10.0 Å². The largest absolute Gasteiger partial charge is 0.496 e. The molecule has 2 fully saturated rings. The summed E-state index contributed by atoms with van der Waals surface area (Å²) in [4.78, 5) is 15.2. The van der Waals surface area contributed by atoms with Crippen LogP contribution in [0.2, 0.25) is 0 Å². The van der Waals surface area contributed by atoms with E-state index in [2.05, 4.69) is 22.9 Å². The second kappa shape index (κ2) is 9.01. The Morgan fingerprint density at radius 1 is 1.03 bits per heavy atom. The van der Waals surface area contributed by atoms with Gasteiger partial charge in [-0.3, -0.25) is 4.79 Å². The van der Waals surface area contributed by atoms with E-state index in [0.29, 0.717) is 19.5 Å². The SMILES string of the molecule is COc1ccccc1-c1ccccc1C1CC1C(=O)N1CCCC(NS(C)(=O)=O)CC1. The first kappa shape index (κ1) is 21.8. The molecule has 1 N–H and O–H groups in total. The van der Waals surface area contributed by atoms with Gasteiger partial charge >= 0.3 is 0 Å². The van der Waals surface area contributed by atoms with Gasteiger partial charge in [-0.1, -0.05) is 42.5 Å². The van der Waals surface area contributed by atoms with Gasteiger partial charge in [0.1, 0.15) is 5.75 Å². The highest BCUT2D eigenvalue weighted by Gasteiger charge is 2.46. The van der Waals surface area contributed by atoms with Crippen LogP contribution >= 0.6 is 0 Å². The number of para-hydroxylation sites is 1. The van der Waals surface area contributed by atoms with E-state index in [1.165, 1.54) is 11.8 Å². The molecule has 2 aromatic rings. The molecule has 1 aliphatic carbocycles. The number of nitrogens with one attached hydrogen (secondary N) is 1. The molecular formula is C24H30N2O4S. The molecule has 3 atom stereocenters. The van der Waals surface area contributed by atoms with Crippen molar-refractivity contribution in [3.63, 3.8) is 0 Å². The lowest BCUT2D eigenvalue weighted by atomic mass is 9.95. The average Bonchev–Trinajstić information content (AvgIpc) is 3.57. The van der Waals surface area contributed by atoms with Crippen LogP contribution in [0.1, 0.15) is 37.2 Å². The van der Waals surface area contributed by atoms with E-state index in [4.69, 9.17) is 4.74 Å². The van der Waals surface area contributed by atoms with Gasteiger partial charge in [-0.05, 0) is 48.8 Å². The zero-order valence-corrected chi connectivity index (χ0v) is 18.9. The molecule has 0 spiro atoms. The summed E-state index contributed by atoms with van der Waals surface area (Å²) in [6, 6.07) is 16.2. The molecule has 0 radical (unpaired) electrons. The number of carbonyl (C=O) groups is 1. The number of carbonyl (C=O) groups excluding carboxylic acids is 1. The van der Waals surface area contributed by atoms with Gasteiger partial charge in [0.2, 0.25) is 15.9 Å². The van der Waals surface area contributed by atoms with Gasteiger partial charge in [0.15, 0.2) is 0 Å². The maximum atomic E-state index is 13.2. The molecule has 1 amide bonds. The minimum absolute atomic E-state index is 0.00438. The predicted molar refractivity (Wildman–Crippen MR) is 121 cm³/mol. The van der Waals surface area contributed by atoms with Crippen molar-refractivity contribution in [2.75, 3.05) is 26.5 Å². The topological polar surface area (TPSA) is 75.7 Å². The molecule has 0 aromatic heterocycles. The Hall–Kier alpha value is -2.38. The van der Waals surface area contributed by atoms with Crippen LogP contribution in [-0.4, -0.2) is 51.7 Å². The summed E-state index contributed by atoms with van der Waals surface area (Å²) in [5.74, 6) is 1.23. The number of methoxy groups -OCH3 is 1. The third kappa shape index (κ3) is 5.10. The van der Waals surface area contributed by atoms with Crippen LogP contribution in [0.4, 0.5) is 0 Å². The first-order valence-electron chi connectivity index (χ1n) is 10.9. The number of likely N-dealkylation sites (tertiary alicyclic amines) is 1. The molecule has 2 aliphatic rings. The normalized spacial score (nSPS) is 23.8. The van der Waals surface area contributed by atoms with Crippen molar-refractivity contribution in [2.45, 2.75) is 37.6 Å². The van der Waals surface area contributed by atoms with Crippen LogP contribution < -0.4 is 9.46 Å². The Balaban J connectivity index is 1.47. The maximum Gasteiger partial charge on any atom is 0.226 e. The lowest BCUT2D eigenvalue weighted by Crippen LogP contribution is -2.36. The summed E-state index contributed by atoms with van der Waals surface area (Å²) >= 11 is 0. The number of sulfonamides is 1. The van der Waals surface area contributed by atoms with Crippen LogP contribution in [0.3, 0.4) is 0 Å². The van der Waals surface area contributed by atoms with E-state index in [1.807, 2.05) is 35.2 Å². The molecular weight excluding hydrogens is 412 g/mol. The van der Waals surface area contributed by atoms with E-state index in [9.17, 15) is 13.2 Å². The molecule has 6 nitrogen and oxygen atoms in total. The number of nitrogens with zero attached hydrogens (tertiary/aromatic N) is 1. The average molecular weight is 443 g/mol. The number of amides is 1. The van der Waals surface area contributed by atoms with Gasteiger partial charge in [-0.25, -0.2) is 13.1 Å². The quantitative estimate of drug-likeness (QED) is 0.744. The fourth-order valence-electron chi connectivity index (χ4n) is 4.72. The monoisotopic (exact) mass is 442 g/mol. The van der Waals surface area contributed by atoms with Crippen molar-refractivity contribution in [2.24, 2.45) is 5.92 Å². The Bertz CT molecular complexity index is 1050. The molecule has 166 valence electrons. The standard InChI is InChI=1S/C24H30N2O4S/c1-30-23-12-6-5-11-20(23)18-9-3-4-10-19(18)21-16-22(21)24(27)26-14-7-8-17(13-15-26)25-31(2,28)29/h3-6,9-12,17,21-22,25H,7-8,13-16H2,1-2H3. The minimum Gasteiger partial charge on any atom is -0.496 e. The Morgan fingerprint density at radius 3 is 2.48 bits per heavy atom. The molecule has 2 aromatic carbocycles. The molecule has 0 bridgehead atoms. The minimum atomic E-state index is -3.23. The van der Waals surface area contributed by atoms with Crippen LogP contribution in [0.5, 0.6) is 5.75 Å². The van der Waals surface area contributed by atoms with Crippen molar-refractivity contribution in [1.29, 1.82) is 0 Å². The van der Waals surface area contributed by atoms with E-state index in [1.54, 1.807) is 7.11 Å². The van der Waals surface area contributed by atoms with Gasteiger partial charge in [0, 0.05) is 30.6 Å². The highest BCUT2D eigenvalue weighted by molar-refractivity contribution is 7.88. The van der Waals surface area contributed by atoms with Crippen molar-refractivity contribution in [1.82, 2.24) is 9.62 Å². The number of hydrogen-bond donors (Lipinski definition) is 1. The Kier molecular flexibility index (Phi) is 6.34. The Morgan fingerprint density at radius 2 is 1.74 bits per heavy atom. The van der Waals surface area contributed by atoms with Crippen LogP contribution in [0, 0.1) is 5.92 Å². The third-order valence-electron chi connectivity index (χ3n) is 6.29. The number of rotatable bonds is 6. The number of ether oxygens (including phenoxy) is 1. The molecule has 7 heteroatoms. The highest BCUT2D eigenvalue weighted by atomic mass is 32.2. The summed E-state index contributed by atoms with van der Waals surface area (Å²) < 4.78 is 31.3. The molecule has 31 heavy (non-hydrogen) atoms. The molecule has 3 unspecified atom stereocenters. The van der Waals surface area contributed by atoms with Crippen LogP contribution in [0.15, 0.2) is 48.5 Å². The lowest BCUT2D eigenvalue weighted by molar-refractivity contribution is -0.132. The van der Waals surface area contributed by atoms with Crippen molar-refractivity contribution in [3.8, 4) is 16.9 Å². The van der Waals surface area contributed by atoms with Crippen molar-refractivity contribution >= 4 is 15.9 Å². The third-order valence-corrected chi connectivity index (χ3v) is 7.05. The zero-order chi connectivity index (χ0) is 22.0. The zero-order valence-electron chi connectivity index (χ0n) is 18.1. The summed E-state index contributed by atoms with van der Waals surface area (Å²) in [5, 5.41) is 0. The fraction of sp³-hybridized carbons (Fsp3) is 0.458. The number of benzene rings is 2. The maximum absolute atomic E-state index is 13.2. The van der Waals surface area contributed by atoms with Gasteiger partial charge in [-0.15, -0.1) is 0 Å². The van der Waals surface area contributed by atoms with E-state index in [0.717, 1.165) is 36.1 Å². The summed E-state index contributed by atoms with van der Waals surface area (Å²) in [5.41, 5.74) is 3.36. The van der Waals surface area contributed by atoms with Gasteiger partial charge in [-0.2, -0.15) is 0 Å². The number of hydrogen-bond acceptors (Lipinski definition) is 4. The molecule has 1 heterocycles. The van der Waals surface area contributed by atoms with Crippen molar-refractivity contribution in [3.05, 3.63) is 54.1 Å². The summed E-state index contributed by atoms with van der Waals surface area (Å²) in [6.07, 6.45) is 4.28. The van der Waals surface area contributed by atoms with E-state index >= 15 is 0 Å². The molecule has 4 rings (SSSR count). The van der Waals surface area contributed by atoms with Crippen LogP contribution in [-0.2, 0) is 14.8 Å². The highest BCUT2D eigenvalue weighted by Crippen LogP contribution is 2.52. The second-order valence-corrected chi connectivity index (χ2v) is 10.4. The smallest absolute Gasteiger partial charge is 0.226 e. The van der Waals surface area contributed by atoms with Gasteiger partial charge in [0.25, 0.3) is 0 Å². The first-order chi connectivity index (χ1) is 14.9.